The van der Waals surface area contributed by atoms with Crippen LogP contribution in [0.15, 0.2) is 24.3 Å². The molecule has 0 bridgehead atoms. The molecule has 0 aliphatic carbocycles. The Balaban J connectivity index is 2.51. The third kappa shape index (κ3) is 2.43. The summed E-state index contributed by atoms with van der Waals surface area (Å²) in [6.07, 6.45) is 0. The van der Waals surface area contributed by atoms with Crippen molar-refractivity contribution < 1.29 is 0 Å². The number of anilines is 1. The molecule has 1 aromatic heterocycles. The molecule has 0 fully saturated rings. The van der Waals surface area contributed by atoms with Crippen molar-refractivity contribution in [2.45, 2.75) is 6.54 Å². The number of hydrogen-bond donors (Lipinski definition) is 2. The van der Waals surface area contributed by atoms with E-state index < -0.39 is 0 Å². The highest BCUT2D eigenvalue weighted by atomic mass is 35.5. The molecular weight excluding hydrogens is 236 g/mol. The van der Waals surface area contributed by atoms with Crippen molar-refractivity contribution in [2.75, 3.05) is 19.8 Å². The topological polar surface area (TPSA) is 57.9 Å². The van der Waals surface area contributed by atoms with E-state index in [0.717, 1.165) is 23.4 Å². The van der Waals surface area contributed by atoms with Gasteiger partial charge in [0.05, 0.1) is 5.69 Å². The lowest BCUT2D eigenvalue weighted by Gasteiger charge is -2.10. The number of aromatic amines is 1. The Hall–Kier alpha value is -1.52. The van der Waals surface area contributed by atoms with Gasteiger partial charge in [0.1, 0.15) is 0 Å². The molecule has 1 heterocycles. The van der Waals surface area contributed by atoms with Gasteiger partial charge in [0.2, 0.25) is 0 Å². The van der Waals surface area contributed by atoms with Crippen LogP contribution < -0.4 is 5.73 Å². The molecule has 17 heavy (non-hydrogen) atoms. The Morgan fingerprint density at radius 2 is 2.06 bits per heavy atom. The highest BCUT2D eigenvalue weighted by molar-refractivity contribution is 6.33. The Bertz CT molecular complexity index is 519. The van der Waals surface area contributed by atoms with Gasteiger partial charge in [-0.15, -0.1) is 0 Å². The molecule has 5 heteroatoms. The molecule has 0 amide bonds. The first kappa shape index (κ1) is 12.0. The molecule has 0 saturated heterocycles. The summed E-state index contributed by atoms with van der Waals surface area (Å²) in [6, 6.07) is 7.63. The van der Waals surface area contributed by atoms with Crippen molar-refractivity contribution in [1.82, 2.24) is 15.1 Å². The molecule has 0 radical (unpaired) electrons. The smallest absolute Gasteiger partial charge is 0.153 e. The van der Waals surface area contributed by atoms with Gasteiger partial charge in [-0.05, 0) is 20.2 Å². The zero-order chi connectivity index (χ0) is 12.4. The van der Waals surface area contributed by atoms with Gasteiger partial charge in [-0.3, -0.25) is 5.10 Å². The molecule has 0 spiro atoms. The van der Waals surface area contributed by atoms with Crippen molar-refractivity contribution in [3.63, 3.8) is 0 Å². The quantitative estimate of drug-likeness (QED) is 0.879. The Kier molecular flexibility index (Phi) is 3.36. The van der Waals surface area contributed by atoms with Crippen LogP contribution in [-0.4, -0.2) is 29.2 Å². The van der Waals surface area contributed by atoms with Gasteiger partial charge in [-0.1, -0.05) is 29.8 Å². The van der Waals surface area contributed by atoms with Crippen LogP contribution >= 0.6 is 11.6 Å². The van der Waals surface area contributed by atoms with Crippen LogP contribution in [0, 0.1) is 0 Å². The summed E-state index contributed by atoms with van der Waals surface area (Å²) < 4.78 is 0. The van der Waals surface area contributed by atoms with Crippen LogP contribution in [0.2, 0.25) is 5.02 Å². The highest BCUT2D eigenvalue weighted by Crippen LogP contribution is 2.33. The van der Waals surface area contributed by atoms with Crippen LogP contribution in [0.4, 0.5) is 5.82 Å². The fraction of sp³-hybridized carbons (Fsp3) is 0.250. The fourth-order valence-corrected chi connectivity index (χ4v) is 2.02. The normalized spacial score (nSPS) is 11.1. The summed E-state index contributed by atoms with van der Waals surface area (Å²) in [5.74, 6) is 0.481. The minimum Gasteiger partial charge on any atom is -0.382 e. The average Bonchev–Trinajstić information content (AvgIpc) is 2.60. The van der Waals surface area contributed by atoms with E-state index in [4.69, 9.17) is 17.3 Å². The molecule has 90 valence electrons. The van der Waals surface area contributed by atoms with E-state index >= 15 is 0 Å². The number of nitrogens with zero attached hydrogens (tertiary/aromatic N) is 2. The number of benzene rings is 1. The van der Waals surface area contributed by atoms with E-state index in [2.05, 4.69) is 10.2 Å². The number of nitrogens with one attached hydrogen (secondary N) is 1. The van der Waals surface area contributed by atoms with Crippen LogP contribution in [0.1, 0.15) is 5.69 Å². The number of H-pyrrole nitrogens is 1. The lowest BCUT2D eigenvalue weighted by molar-refractivity contribution is 0.397. The van der Waals surface area contributed by atoms with Crippen LogP contribution in [0.5, 0.6) is 0 Å². The number of halogens is 1. The summed E-state index contributed by atoms with van der Waals surface area (Å²) in [4.78, 5) is 2.05. The number of aromatic nitrogens is 2. The number of nitrogens with two attached hydrogens (primary N) is 1. The molecule has 0 aliphatic rings. The summed E-state index contributed by atoms with van der Waals surface area (Å²) >= 11 is 6.19. The number of hydrogen-bond acceptors (Lipinski definition) is 3. The monoisotopic (exact) mass is 250 g/mol. The lowest BCUT2D eigenvalue weighted by Crippen LogP contribution is -2.11. The van der Waals surface area contributed by atoms with E-state index in [1.54, 1.807) is 0 Å². The molecule has 0 unspecified atom stereocenters. The third-order valence-corrected chi connectivity index (χ3v) is 2.82. The maximum atomic E-state index is 6.19. The molecule has 4 nitrogen and oxygen atoms in total. The van der Waals surface area contributed by atoms with E-state index in [9.17, 15) is 0 Å². The lowest BCUT2D eigenvalue weighted by atomic mass is 10.1. The van der Waals surface area contributed by atoms with Crippen molar-refractivity contribution in [3.8, 4) is 11.1 Å². The molecule has 0 atom stereocenters. The largest absolute Gasteiger partial charge is 0.382 e. The second-order valence-corrected chi connectivity index (χ2v) is 4.59. The first-order valence-corrected chi connectivity index (χ1v) is 5.69. The molecule has 2 aromatic rings. The van der Waals surface area contributed by atoms with Gasteiger partial charge in [-0.2, -0.15) is 5.10 Å². The van der Waals surface area contributed by atoms with Gasteiger partial charge in [-0.25, -0.2) is 0 Å². The van der Waals surface area contributed by atoms with Crippen molar-refractivity contribution in [3.05, 3.63) is 35.0 Å². The minimum atomic E-state index is 0.481. The SMILES string of the molecule is CN(C)Cc1[nH]nc(N)c1-c1ccccc1Cl. The average molecular weight is 251 g/mol. The zero-order valence-corrected chi connectivity index (χ0v) is 10.6. The van der Waals surface area contributed by atoms with Crippen LogP contribution in [-0.2, 0) is 6.54 Å². The summed E-state index contributed by atoms with van der Waals surface area (Å²) in [7, 11) is 3.99. The predicted molar refractivity (Wildman–Crippen MR) is 70.8 cm³/mol. The van der Waals surface area contributed by atoms with Crippen molar-refractivity contribution in [2.24, 2.45) is 0 Å². The van der Waals surface area contributed by atoms with E-state index in [1.807, 2.05) is 43.3 Å². The maximum Gasteiger partial charge on any atom is 0.153 e. The van der Waals surface area contributed by atoms with Crippen molar-refractivity contribution >= 4 is 17.4 Å². The first-order valence-electron chi connectivity index (χ1n) is 5.32. The summed E-state index contributed by atoms with van der Waals surface area (Å²) in [5, 5.41) is 7.69. The fourth-order valence-electron chi connectivity index (χ4n) is 1.79. The second kappa shape index (κ2) is 4.77. The van der Waals surface area contributed by atoms with Gasteiger partial charge in [0, 0.05) is 22.7 Å². The number of nitrogen functional groups attached to an aromatic ring is 1. The van der Waals surface area contributed by atoms with E-state index in [1.165, 1.54) is 0 Å². The van der Waals surface area contributed by atoms with E-state index in [-0.39, 0.29) is 0 Å². The van der Waals surface area contributed by atoms with Crippen LogP contribution in [0.25, 0.3) is 11.1 Å². The van der Waals surface area contributed by atoms with Gasteiger partial charge in [0.25, 0.3) is 0 Å². The van der Waals surface area contributed by atoms with E-state index in [0.29, 0.717) is 10.8 Å². The molecule has 3 N–H and O–H groups in total. The summed E-state index contributed by atoms with van der Waals surface area (Å²) in [5.41, 5.74) is 8.68. The molecule has 0 aliphatic heterocycles. The standard InChI is InChI=1S/C12H15ClN4/c1-17(2)7-10-11(12(14)16-15-10)8-5-3-4-6-9(8)13/h3-6H,7H2,1-2H3,(H3,14,15,16). The third-order valence-electron chi connectivity index (χ3n) is 2.49. The summed E-state index contributed by atoms with van der Waals surface area (Å²) in [6.45, 7) is 0.741. The van der Waals surface area contributed by atoms with Gasteiger partial charge in [0.15, 0.2) is 5.82 Å². The van der Waals surface area contributed by atoms with Gasteiger partial charge < -0.3 is 10.6 Å². The predicted octanol–water partition coefficient (Wildman–Crippen LogP) is 2.37. The van der Waals surface area contributed by atoms with Crippen LogP contribution in [0.3, 0.4) is 0 Å². The minimum absolute atomic E-state index is 0.481. The Morgan fingerprint density at radius 1 is 1.35 bits per heavy atom. The Morgan fingerprint density at radius 3 is 2.71 bits per heavy atom. The first-order chi connectivity index (χ1) is 8.09. The highest BCUT2D eigenvalue weighted by Gasteiger charge is 2.15. The Labute approximate surface area is 105 Å². The second-order valence-electron chi connectivity index (χ2n) is 4.18. The molecule has 1 aromatic carbocycles. The molecule has 2 rings (SSSR count). The zero-order valence-electron chi connectivity index (χ0n) is 9.87. The van der Waals surface area contributed by atoms with Crippen molar-refractivity contribution in [1.29, 1.82) is 0 Å². The van der Waals surface area contributed by atoms with Gasteiger partial charge >= 0.3 is 0 Å². The maximum absolute atomic E-state index is 6.19. The molecular formula is C12H15ClN4. The molecule has 0 saturated carbocycles. The number of rotatable bonds is 3.